The highest BCUT2D eigenvalue weighted by atomic mass is 32.2. The van der Waals surface area contributed by atoms with Gasteiger partial charge in [0.1, 0.15) is 6.04 Å². The number of benzene rings is 2. The predicted octanol–water partition coefficient (Wildman–Crippen LogP) is 3.22. The van der Waals surface area contributed by atoms with Gasteiger partial charge in [0, 0.05) is 5.69 Å². The second-order valence-corrected chi connectivity index (χ2v) is 8.40. The Morgan fingerprint density at radius 3 is 2.10 bits per heavy atom. The minimum Gasteiger partial charge on any atom is -0.462 e. The van der Waals surface area contributed by atoms with Crippen molar-refractivity contribution in [2.75, 3.05) is 22.5 Å². The zero-order valence-corrected chi connectivity index (χ0v) is 17.8. The molecule has 0 saturated heterocycles. The highest BCUT2D eigenvalue weighted by molar-refractivity contribution is 7.92. The van der Waals surface area contributed by atoms with E-state index in [0.29, 0.717) is 16.9 Å². The van der Waals surface area contributed by atoms with Crippen LogP contribution in [0.3, 0.4) is 0 Å². The molecule has 0 unspecified atom stereocenters. The van der Waals surface area contributed by atoms with E-state index in [1.807, 2.05) is 19.1 Å². The molecule has 2 aromatic rings. The summed E-state index contributed by atoms with van der Waals surface area (Å²) in [4.78, 5) is 24.4. The second-order valence-electron chi connectivity index (χ2n) is 6.54. The molecule has 0 spiro atoms. The van der Waals surface area contributed by atoms with Crippen molar-refractivity contribution in [1.29, 1.82) is 0 Å². The number of carbonyl (C=O) groups excluding carboxylic acids is 2. The van der Waals surface area contributed by atoms with Gasteiger partial charge in [-0.2, -0.15) is 0 Å². The largest absolute Gasteiger partial charge is 0.462 e. The molecule has 0 aliphatic rings. The molecule has 0 heterocycles. The Morgan fingerprint density at radius 1 is 1.03 bits per heavy atom. The number of anilines is 2. The second kappa shape index (κ2) is 9.56. The number of esters is 1. The minimum atomic E-state index is -3.69. The molecule has 0 radical (unpaired) electrons. The Labute approximate surface area is 171 Å². The van der Waals surface area contributed by atoms with Crippen LogP contribution in [-0.4, -0.2) is 39.2 Å². The van der Waals surface area contributed by atoms with Gasteiger partial charge in [-0.05, 0) is 62.2 Å². The maximum Gasteiger partial charge on any atom is 0.338 e. The van der Waals surface area contributed by atoms with Crippen LogP contribution >= 0.6 is 0 Å². The van der Waals surface area contributed by atoms with E-state index >= 15 is 0 Å². The van der Waals surface area contributed by atoms with E-state index < -0.39 is 27.9 Å². The van der Waals surface area contributed by atoms with Crippen molar-refractivity contribution in [2.45, 2.75) is 33.2 Å². The van der Waals surface area contributed by atoms with Crippen molar-refractivity contribution in [3.8, 4) is 0 Å². The third-order valence-electron chi connectivity index (χ3n) is 4.35. The van der Waals surface area contributed by atoms with Crippen LogP contribution in [0.5, 0.6) is 0 Å². The lowest BCUT2D eigenvalue weighted by Crippen LogP contribution is -2.45. The molecule has 156 valence electrons. The van der Waals surface area contributed by atoms with Gasteiger partial charge in [0.15, 0.2) is 0 Å². The van der Waals surface area contributed by atoms with Crippen LogP contribution in [0.1, 0.15) is 36.7 Å². The first kappa shape index (κ1) is 22.4. The zero-order chi connectivity index (χ0) is 21.6. The summed E-state index contributed by atoms with van der Waals surface area (Å²) in [7, 11) is -3.69. The molecule has 1 N–H and O–H groups in total. The fourth-order valence-corrected chi connectivity index (χ4v) is 4.01. The van der Waals surface area contributed by atoms with Gasteiger partial charge in [-0.3, -0.25) is 9.10 Å². The van der Waals surface area contributed by atoms with Crippen molar-refractivity contribution in [3.63, 3.8) is 0 Å². The first-order valence-corrected chi connectivity index (χ1v) is 11.2. The normalized spacial score (nSPS) is 12.1. The van der Waals surface area contributed by atoms with E-state index in [-0.39, 0.29) is 6.61 Å². The summed E-state index contributed by atoms with van der Waals surface area (Å²) in [6, 6.07) is 12.3. The Kier molecular flexibility index (Phi) is 7.39. The monoisotopic (exact) mass is 418 g/mol. The van der Waals surface area contributed by atoms with Crippen LogP contribution in [0.25, 0.3) is 0 Å². The van der Waals surface area contributed by atoms with Crippen molar-refractivity contribution in [2.24, 2.45) is 0 Å². The van der Waals surface area contributed by atoms with Crippen LogP contribution in [0.4, 0.5) is 11.4 Å². The van der Waals surface area contributed by atoms with Gasteiger partial charge in [-0.15, -0.1) is 0 Å². The number of sulfonamides is 1. The van der Waals surface area contributed by atoms with Gasteiger partial charge in [0.2, 0.25) is 15.9 Å². The summed E-state index contributed by atoms with van der Waals surface area (Å²) in [5.41, 5.74) is 2.31. The number of ether oxygens (including phenoxy) is 1. The SMILES string of the molecule is CCOC(=O)c1ccc(NC(=O)[C@@H](C)N(c2ccc(CC)cc2)S(C)(=O)=O)cc1. The van der Waals surface area contributed by atoms with Gasteiger partial charge in [-0.1, -0.05) is 19.1 Å². The van der Waals surface area contributed by atoms with Gasteiger partial charge >= 0.3 is 5.97 Å². The molecule has 0 fully saturated rings. The molecule has 0 saturated carbocycles. The van der Waals surface area contributed by atoms with Gasteiger partial charge < -0.3 is 10.1 Å². The van der Waals surface area contributed by atoms with Crippen LogP contribution in [0.2, 0.25) is 0 Å². The molecule has 7 nitrogen and oxygen atoms in total. The number of carbonyl (C=O) groups is 2. The Bertz CT molecular complexity index is 954. The average Bonchev–Trinajstić information content (AvgIpc) is 2.68. The first-order chi connectivity index (χ1) is 13.7. The van der Waals surface area contributed by atoms with Gasteiger partial charge in [-0.25, -0.2) is 13.2 Å². The molecular formula is C21H26N2O5S. The number of aryl methyl sites for hydroxylation is 1. The fraction of sp³-hybridized carbons (Fsp3) is 0.333. The number of amides is 1. The van der Waals surface area contributed by atoms with Gasteiger partial charge in [0.05, 0.1) is 24.1 Å². The highest BCUT2D eigenvalue weighted by Crippen LogP contribution is 2.22. The third kappa shape index (κ3) is 5.80. The number of nitrogens with one attached hydrogen (secondary N) is 1. The topological polar surface area (TPSA) is 92.8 Å². The summed E-state index contributed by atoms with van der Waals surface area (Å²) in [5, 5.41) is 2.69. The molecule has 2 rings (SSSR count). The predicted molar refractivity (Wildman–Crippen MR) is 114 cm³/mol. The lowest BCUT2D eigenvalue weighted by atomic mass is 10.1. The summed E-state index contributed by atoms with van der Waals surface area (Å²) < 4.78 is 30.7. The molecule has 1 amide bonds. The van der Waals surface area contributed by atoms with E-state index in [4.69, 9.17) is 4.74 Å². The molecule has 0 bridgehead atoms. The van der Waals surface area contributed by atoms with E-state index in [1.54, 1.807) is 31.2 Å². The Morgan fingerprint density at radius 2 is 1.62 bits per heavy atom. The molecule has 0 aliphatic heterocycles. The Balaban J connectivity index is 2.19. The summed E-state index contributed by atoms with van der Waals surface area (Å²) in [6.07, 6.45) is 1.90. The highest BCUT2D eigenvalue weighted by Gasteiger charge is 2.29. The van der Waals surface area contributed by atoms with Crippen molar-refractivity contribution < 1.29 is 22.7 Å². The standard InChI is InChI=1S/C21H26N2O5S/c1-5-16-7-13-19(14-8-16)23(29(4,26)27)15(3)20(24)22-18-11-9-17(10-12-18)21(25)28-6-2/h7-15H,5-6H2,1-4H3,(H,22,24)/t15-/m1/s1. The quantitative estimate of drug-likeness (QED) is 0.665. The molecule has 2 aromatic carbocycles. The summed E-state index contributed by atoms with van der Waals surface area (Å²) >= 11 is 0. The zero-order valence-electron chi connectivity index (χ0n) is 17.0. The smallest absolute Gasteiger partial charge is 0.338 e. The van der Waals surface area contributed by atoms with E-state index in [1.165, 1.54) is 19.1 Å². The maximum atomic E-state index is 12.7. The van der Waals surface area contributed by atoms with Crippen LogP contribution in [0.15, 0.2) is 48.5 Å². The number of hydrogen-bond acceptors (Lipinski definition) is 5. The van der Waals surface area contributed by atoms with E-state index in [9.17, 15) is 18.0 Å². The lowest BCUT2D eigenvalue weighted by molar-refractivity contribution is -0.116. The van der Waals surface area contributed by atoms with E-state index in [0.717, 1.165) is 22.5 Å². The van der Waals surface area contributed by atoms with Crippen LogP contribution in [-0.2, 0) is 26.0 Å². The van der Waals surface area contributed by atoms with Crippen LogP contribution in [0, 0.1) is 0 Å². The summed E-state index contributed by atoms with van der Waals surface area (Å²) in [5.74, 6) is -0.934. The lowest BCUT2D eigenvalue weighted by Gasteiger charge is -2.28. The van der Waals surface area contributed by atoms with Gasteiger partial charge in [0.25, 0.3) is 0 Å². The molecule has 0 aliphatic carbocycles. The fourth-order valence-electron chi connectivity index (χ4n) is 2.84. The van der Waals surface area contributed by atoms with Crippen molar-refractivity contribution >= 4 is 33.3 Å². The number of nitrogens with zero attached hydrogens (tertiary/aromatic N) is 1. The molecule has 8 heteroatoms. The minimum absolute atomic E-state index is 0.273. The number of rotatable bonds is 8. The van der Waals surface area contributed by atoms with Crippen LogP contribution < -0.4 is 9.62 Å². The maximum absolute atomic E-state index is 12.7. The molecule has 0 aromatic heterocycles. The van der Waals surface area contributed by atoms with Crippen molar-refractivity contribution in [1.82, 2.24) is 0 Å². The molecule has 1 atom stereocenters. The Hall–Kier alpha value is -2.87. The first-order valence-electron chi connectivity index (χ1n) is 9.33. The number of hydrogen-bond donors (Lipinski definition) is 1. The average molecular weight is 419 g/mol. The third-order valence-corrected chi connectivity index (χ3v) is 5.59. The molecular weight excluding hydrogens is 392 g/mol. The van der Waals surface area contributed by atoms with E-state index in [2.05, 4.69) is 5.32 Å². The van der Waals surface area contributed by atoms with Crippen molar-refractivity contribution in [3.05, 3.63) is 59.7 Å². The molecule has 29 heavy (non-hydrogen) atoms. The summed E-state index contributed by atoms with van der Waals surface area (Å²) in [6.45, 7) is 5.52.